The van der Waals surface area contributed by atoms with Gasteiger partial charge in [0.15, 0.2) is 11.0 Å². The third kappa shape index (κ3) is 2.78. The molecule has 0 atom stereocenters. The van der Waals surface area contributed by atoms with Gasteiger partial charge in [0.1, 0.15) is 11.2 Å². The Balaban J connectivity index is 1.77. The number of nitrogens with zero attached hydrogens (tertiary/aromatic N) is 3. The van der Waals surface area contributed by atoms with Gasteiger partial charge in [-0.1, -0.05) is 25.7 Å². The second-order valence-corrected chi connectivity index (χ2v) is 8.95. The molecule has 164 valence electrons. The van der Waals surface area contributed by atoms with Crippen LogP contribution < -0.4 is 11.0 Å². The van der Waals surface area contributed by atoms with Crippen LogP contribution in [0.2, 0.25) is 0 Å². The molecule has 4 heterocycles. The highest BCUT2D eigenvalue weighted by Gasteiger charge is 2.26. The van der Waals surface area contributed by atoms with Crippen molar-refractivity contribution in [3.05, 3.63) is 50.7 Å². The first kappa shape index (κ1) is 19.2. The van der Waals surface area contributed by atoms with Crippen LogP contribution in [0.4, 0.5) is 0 Å². The van der Waals surface area contributed by atoms with E-state index in [1.165, 1.54) is 18.9 Å². The quantitative estimate of drug-likeness (QED) is 0.401. The summed E-state index contributed by atoms with van der Waals surface area (Å²) in [5.74, 6) is 0. The van der Waals surface area contributed by atoms with Gasteiger partial charge in [0.05, 0.1) is 22.6 Å². The molecule has 0 spiro atoms. The SMILES string of the molecule is Cc1nn(C)cc1-c1c2oc3cc(=O)ccc3c2[nH]c2c1c(=O)[nH]n2C1CCCCCC1. The van der Waals surface area contributed by atoms with Crippen LogP contribution in [0.1, 0.15) is 50.3 Å². The Morgan fingerprint density at radius 3 is 2.62 bits per heavy atom. The summed E-state index contributed by atoms with van der Waals surface area (Å²) < 4.78 is 9.96. The van der Waals surface area contributed by atoms with E-state index in [9.17, 15) is 9.59 Å². The summed E-state index contributed by atoms with van der Waals surface area (Å²) in [7, 11) is 1.86. The number of fused-ring (bicyclic) bond motifs is 4. The second-order valence-electron chi connectivity index (χ2n) is 8.95. The molecule has 0 aliphatic heterocycles. The lowest BCUT2D eigenvalue weighted by Gasteiger charge is -2.17. The molecule has 0 amide bonds. The number of aromatic nitrogens is 5. The van der Waals surface area contributed by atoms with Crippen molar-refractivity contribution in [3.63, 3.8) is 0 Å². The Hall–Kier alpha value is -3.55. The number of rotatable bonds is 2. The zero-order valence-electron chi connectivity index (χ0n) is 18.2. The lowest BCUT2D eigenvalue weighted by Crippen LogP contribution is -2.13. The van der Waals surface area contributed by atoms with Crippen molar-refractivity contribution in [2.75, 3.05) is 0 Å². The van der Waals surface area contributed by atoms with Crippen molar-refractivity contribution in [2.45, 2.75) is 51.5 Å². The number of pyridine rings is 1. The van der Waals surface area contributed by atoms with Gasteiger partial charge in [-0.05, 0) is 31.9 Å². The zero-order valence-corrected chi connectivity index (χ0v) is 18.2. The number of nitrogens with one attached hydrogen (secondary N) is 2. The Labute approximate surface area is 182 Å². The van der Waals surface area contributed by atoms with E-state index >= 15 is 0 Å². The average molecular weight is 431 g/mol. The van der Waals surface area contributed by atoms with Gasteiger partial charge in [0.2, 0.25) is 0 Å². The predicted octanol–water partition coefficient (Wildman–Crippen LogP) is 4.52. The highest BCUT2D eigenvalue weighted by molar-refractivity contribution is 6.14. The van der Waals surface area contributed by atoms with Gasteiger partial charge in [-0.3, -0.25) is 24.1 Å². The molecule has 0 radical (unpaired) electrons. The molecule has 0 unspecified atom stereocenters. The number of furan rings is 1. The average Bonchev–Trinajstić information content (AvgIpc) is 3.30. The van der Waals surface area contributed by atoms with Gasteiger partial charge in [0, 0.05) is 35.8 Å². The predicted molar refractivity (Wildman–Crippen MR) is 124 cm³/mol. The Morgan fingerprint density at radius 1 is 1.12 bits per heavy atom. The molecular weight excluding hydrogens is 406 g/mol. The van der Waals surface area contributed by atoms with E-state index in [0.29, 0.717) is 16.6 Å². The highest BCUT2D eigenvalue weighted by atomic mass is 16.3. The maximum absolute atomic E-state index is 13.3. The minimum atomic E-state index is -0.148. The van der Waals surface area contributed by atoms with E-state index < -0.39 is 0 Å². The molecule has 1 fully saturated rings. The van der Waals surface area contributed by atoms with Gasteiger partial charge in [0.25, 0.3) is 5.56 Å². The first-order valence-electron chi connectivity index (χ1n) is 11.2. The fourth-order valence-electron chi connectivity index (χ4n) is 5.30. The van der Waals surface area contributed by atoms with Crippen LogP contribution in [0.5, 0.6) is 0 Å². The maximum atomic E-state index is 13.3. The van der Waals surface area contributed by atoms with Gasteiger partial charge >= 0.3 is 0 Å². The lowest BCUT2D eigenvalue weighted by atomic mass is 10.0. The van der Waals surface area contributed by atoms with Crippen molar-refractivity contribution < 1.29 is 4.42 Å². The largest absolute Gasteiger partial charge is 0.454 e. The van der Waals surface area contributed by atoms with Crippen molar-refractivity contribution in [3.8, 4) is 11.1 Å². The molecule has 8 nitrogen and oxygen atoms in total. The monoisotopic (exact) mass is 431 g/mol. The molecule has 32 heavy (non-hydrogen) atoms. The van der Waals surface area contributed by atoms with Crippen LogP contribution >= 0.6 is 0 Å². The van der Waals surface area contributed by atoms with Crippen LogP contribution in [0.3, 0.4) is 0 Å². The molecule has 1 saturated carbocycles. The van der Waals surface area contributed by atoms with E-state index in [1.54, 1.807) is 16.8 Å². The minimum Gasteiger partial charge on any atom is -0.454 e. The van der Waals surface area contributed by atoms with E-state index in [1.807, 2.05) is 24.9 Å². The van der Waals surface area contributed by atoms with Crippen molar-refractivity contribution in [1.82, 2.24) is 24.5 Å². The fraction of sp³-hybridized carbons (Fsp3) is 0.375. The molecule has 6 rings (SSSR count). The molecule has 1 aromatic carbocycles. The minimum absolute atomic E-state index is 0.110. The van der Waals surface area contributed by atoms with E-state index in [2.05, 4.69) is 15.2 Å². The summed E-state index contributed by atoms with van der Waals surface area (Å²) in [6.07, 6.45) is 8.78. The normalized spacial score (nSPS) is 15.8. The Kier molecular flexibility index (Phi) is 4.18. The van der Waals surface area contributed by atoms with Crippen LogP contribution in [0.25, 0.3) is 44.2 Å². The third-order valence-corrected chi connectivity index (χ3v) is 6.78. The summed E-state index contributed by atoms with van der Waals surface area (Å²) in [6.45, 7) is 1.93. The first-order chi connectivity index (χ1) is 15.5. The van der Waals surface area contributed by atoms with Gasteiger partial charge in [-0.2, -0.15) is 5.10 Å². The van der Waals surface area contributed by atoms with Gasteiger partial charge in [-0.25, -0.2) is 0 Å². The van der Waals surface area contributed by atoms with E-state index in [-0.39, 0.29) is 17.0 Å². The van der Waals surface area contributed by atoms with Crippen LogP contribution in [0, 0.1) is 6.92 Å². The molecule has 5 aromatic rings. The topological polar surface area (TPSA) is 102 Å². The lowest BCUT2D eigenvalue weighted by molar-refractivity contribution is 0.413. The molecule has 0 bridgehead atoms. The molecule has 8 heteroatoms. The van der Waals surface area contributed by atoms with Crippen molar-refractivity contribution >= 4 is 33.1 Å². The first-order valence-corrected chi connectivity index (χ1v) is 11.2. The maximum Gasteiger partial charge on any atom is 0.274 e. The van der Waals surface area contributed by atoms with E-state index in [4.69, 9.17) is 4.42 Å². The summed E-state index contributed by atoms with van der Waals surface area (Å²) in [5.41, 5.74) is 4.75. The summed E-state index contributed by atoms with van der Waals surface area (Å²) >= 11 is 0. The molecule has 2 N–H and O–H groups in total. The number of aromatic amines is 2. The van der Waals surface area contributed by atoms with Crippen LogP contribution in [0.15, 0.2) is 38.4 Å². The number of aryl methyl sites for hydroxylation is 2. The summed E-state index contributed by atoms with van der Waals surface area (Å²) in [6, 6.07) is 5.06. The number of H-pyrrole nitrogens is 2. The zero-order chi connectivity index (χ0) is 22.0. The number of benzene rings is 1. The molecule has 1 aliphatic rings. The van der Waals surface area contributed by atoms with Crippen LogP contribution in [-0.2, 0) is 7.05 Å². The standard InChI is InChI=1S/C24H25N5O3/c1-13-17(12-28(2)26-13)19-20-23(29(27-24(20)31)14-7-5-3-4-6-8-14)25-21-16-10-9-15(30)11-18(16)32-22(19)21/h9-12,14,25H,3-8H2,1-2H3,(H,27,31). The second kappa shape index (κ2) is 6.98. The van der Waals surface area contributed by atoms with E-state index in [0.717, 1.165) is 59.1 Å². The van der Waals surface area contributed by atoms with Gasteiger partial charge in [-0.15, -0.1) is 0 Å². The molecule has 4 aromatic heterocycles. The number of hydrogen-bond acceptors (Lipinski definition) is 4. The van der Waals surface area contributed by atoms with Crippen LogP contribution in [-0.4, -0.2) is 24.5 Å². The highest BCUT2D eigenvalue weighted by Crippen LogP contribution is 2.40. The van der Waals surface area contributed by atoms with Gasteiger partial charge < -0.3 is 9.40 Å². The molecule has 0 saturated heterocycles. The van der Waals surface area contributed by atoms with Crippen molar-refractivity contribution in [1.29, 1.82) is 0 Å². The van der Waals surface area contributed by atoms with Crippen molar-refractivity contribution in [2.24, 2.45) is 7.05 Å². The Morgan fingerprint density at radius 2 is 1.91 bits per heavy atom. The fourth-order valence-corrected chi connectivity index (χ4v) is 5.30. The summed E-state index contributed by atoms with van der Waals surface area (Å²) in [5, 5.41) is 9.02. The molecular formula is C24H25N5O3. The third-order valence-electron chi connectivity index (χ3n) is 6.78. The summed E-state index contributed by atoms with van der Waals surface area (Å²) in [4.78, 5) is 28.8. The number of hydrogen-bond donors (Lipinski definition) is 2. The molecule has 1 aliphatic carbocycles. The Bertz CT molecular complexity index is 1600. The smallest absolute Gasteiger partial charge is 0.274 e.